The van der Waals surface area contributed by atoms with Crippen molar-refractivity contribution in [1.82, 2.24) is 10.2 Å². The summed E-state index contributed by atoms with van der Waals surface area (Å²) in [6.45, 7) is 10.3. The molecule has 1 rings (SSSR count). The first-order valence-electron chi connectivity index (χ1n) is 6.86. The van der Waals surface area contributed by atoms with Crippen molar-refractivity contribution in [3.8, 4) is 0 Å². The van der Waals surface area contributed by atoms with Crippen LogP contribution in [0, 0.1) is 5.92 Å². The molecule has 1 saturated heterocycles. The van der Waals surface area contributed by atoms with Gasteiger partial charge in [0.05, 0.1) is 19.8 Å². The predicted molar refractivity (Wildman–Crippen MR) is 70.4 cm³/mol. The van der Waals surface area contributed by atoms with E-state index in [1.54, 1.807) is 7.11 Å². The van der Waals surface area contributed by atoms with E-state index in [4.69, 9.17) is 9.47 Å². The number of hydrogen-bond acceptors (Lipinski definition) is 4. The summed E-state index contributed by atoms with van der Waals surface area (Å²) in [5.41, 5.74) is 0. The Kier molecular flexibility index (Phi) is 8.61. The molecule has 0 unspecified atom stereocenters. The van der Waals surface area contributed by atoms with Crippen molar-refractivity contribution in [2.45, 2.75) is 19.8 Å². The van der Waals surface area contributed by atoms with E-state index in [1.807, 2.05) is 0 Å². The Bertz CT molecular complexity index is 171. The SMILES string of the molecule is CCN1CCC(CNCCOCCOC)CC1. The Hall–Kier alpha value is -0.160. The topological polar surface area (TPSA) is 33.7 Å². The highest BCUT2D eigenvalue weighted by Gasteiger charge is 2.17. The monoisotopic (exact) mass is 244 g/mol. The van der Waals surface area contributed by atoms with Crippen molar-refractivity contribution in [1.29, 1.82) is 0 Å². The molecular formula is C13H28N2O2. The van der Waals surface area contributed by atoms with Crippen LogP contribution in [0.15, 0.2) is 0 Å². The Morgan fingerprint density at radius 3 is 2.59 bits per heavy atom. The second kappa shape index (κ2) is 9.83. The van der Waals surface area contributed by atoms with Crippen molar-refractivity contribution in [3.63, 3.8) is 0 Å². The molecule has 0 aromatic heterocycles. The van der Waals surface area contributed by atoms with Crippen LogP contribution in [0.3, 0.4) is 0 Å². The average Bonchev–Trinajstić information content (AvgIpc) is 2.38. The molecule has 1 aliphatic rings. The molecule has 0 aromatic carbocycles. The lowest BCUT2D eigenvalue weighted by Crippen LogP contribution is -2.37. The quantitative estimate of drug-likeness (QED) is 0.613. The molecule has 0 spiro atoms. The molecule has 102 valence electrons. The summed E-state index contributed by atoms with van der Waals surface area (Å²) in [7, 11) is 1.70. The molecule has 1 heterocycles. The third kappa shape index (κ3) is 6.99. The highest BCUT2D eigenvalue weighted by Crippen LogP contribution is 2.15. The van der Waals surface area contributed by atoms with E-state index in [9.17, 15) is 0 Å². The Morgan fingerprint density at radius 2 is 1.94 bits per heavy atom. The van der Waals surface area contributed by atoms with E-state index in [-0.39, 0.29) is 0 Å². The molecule has 1 N–H and O–H groups in total. The molecule has 1 fully saturated rings. The molecule has 0 saturated carbocycles. The number of likely N-dealkylation sites (tertiary alicyclic amines) is 1. The number of ether oxygens (including phenoxy) is 2. The smallest absolute Gasteiger partial charge is 0.0700 e. The van der Waals surface area contributed by atoms with Gasteiger partial charge in [-0.2, -0.15) is 0 Å². The zero-order valence-corrected chi connectivity index (χ0v) is 11.4. The zero-order valence-electron chi connectivity index (χ0n) is 11.4. The first-order chi connectivity index (χ1) is 8.36. The van der Waals surface area contributed by atoms with Gasteiger partial charge in [-0.3, -0.25) is 0 Å². The van der Waals surface area contributed by atoms with Gasteiger partial charge in [-0.1, -0.05) is 6.92 Å². The first-order valence-corrected chi connectivity index (χ1v) is 6.86. The minimum absolute atomic E-state index is 0.690. The van der Waals surface area contributed by atoms with Gasteiger partial charge in [0.1, 0.15) is 0 Å². The van der Waals surface area contributed by atoms with Crippen molar-refractivity contribution < 1.29 is 9.47 Å². The summed E-state index contributed by atoms with van der Waals surface area (Å²) in [5.74, 6) is 0.858. The summed E-state index contributed by atoms with van der Waals surface area (Å²) >= 11 is 0. The van der Waals surface area contributed by atoms with Crippen LogP contribution in [0.1, 0.15) is 19.8 Å². The van der Waals surface area contributed by atoms with Gasteiger partial charge < -0.3 is 19.7 Å². The molecule has 17 heavy (non-hydrogen) atoms. The maximum atomic E-state index is 5.40. The number of rotatable bonds is 9. The summed E-state index contributed by atoms with van der Waals surface area (Å²) < 4.78 is 10.3. The van der Waals surface area contributed by atoms with Gasteiger partial charge in [0, 0.05) is 13.7 Å². The van der Waals surface area contributed by atoms with Crippen molar-refractivity contribution in [2.24, 2.45) is 5.92 Å². The fourth-order valence-corrected chi connectivity index (χ4v) is 2.20. The van der Waals surface area contributed by atoms with E-state index >= 15 is 0 Å². The highest BCUT2D eigenvalue weighted by atomic mass is 16.5. The Morgan fingerprint density at radius 1 is 1.18 bits per heavy atom. The third-order valence-corrected chi connectivity index (χ3v) is 3.44. The molecule has 4 heteroatoms. The van der Waals surface area contributed by atoms with Crippen LogP contribution in [-0.2, 0) is 9.47 Å². The summed E-state index contributed by atoms with van der Waals surface area (Å²) in [6, 6.07) is 0. The Labute approximate surface area is 106 Å². The van der Waals surface area contributed by atoms with Crippen LogP contribution in [0.25, 0.3) is 0 Å². The summed E-state index contributed by atoms with van der Waals surface area (Å²) in [6.07, 6.45) is 2.68. The van der Waals surface area contributed by atoms with Crippen LogP contribution in [-0.4, -0.2) is 64.6 Å². The highest BCUT2D eigenvalue weighted by molar-refractivity contribution is 4.72. The number of nitrogens with one attached hydrogen (secondary N) is 1. The number of methoxy groups -OCH3 is 1. The van der Waals surface area contributed by atoms with E-state index in [1.165, 1.54) is 32.5 Å². The third-order valence-electron chi connectivity index (χ3n) is 3.44. The lowest BCUT2D eigenvalue weighted by atomic mass is 9.97. The zero-order chi connectivity index (χ0) is 12.3. The molecule has 0 aliphatic carbocycles. The molecule has 0 aromatic rings. The fourth-order valence-electron chi connectivity index (χ4n) is 2.20. The van der Waals surface area contributed by atoms with Crippen molar-refractivity contribution >= 4 is 0 Å². The second-order valence-electron chi connectivity index (χ2n) is 4.69. The summed E-state index contributed by atoms with van der Waals surface area (Å²) in [4.78, 5) is 2.53. The first kappa shape index (κ1) is 14.9. The molecule has 4 nitrogen and oxygen atoms in total. The second-order valence-corrected chi connectivity index (χ2v) is 4.69. The van der Waals surface area contributed by atoms with Crippen LogP contribution in [0.5, 0.6) is 0 Å². The minimum Gasteiger partial charge on any atom is -0.382 e. The standard InChI is InChI=1S/C13H28N2O2/c1-3-15-7-4-13(5-8-15)12-14-6-9-17-11-10-16-2/h13-14H,3-12H2,1-2H3. The van der Waals surface area contributed by atoms with Crippen molar-refractivity contribution in [2.75, 3.05) is 59.7 Å². The lowest BCUT2D eigenvalue weighted by molar-refractivity contribution is 0.0712. The van der Waals surface area contributed by atoms with Crippen molar-refractivity contribution in [3.05, 3.63) is 0 Å². The lowest BCUT2D eigenvalue weighted by Gasteiger charge is -2.31. The maximum Gasteiger partial charge on any atom is 0.0700 e. The molecule has 0 bridgehead atoms. The van der Waals surface area contributed by atoms with E-state index in [0.29, 0.717) is 13.2 Å². The molecular weight excluding hydrogens is 216 g/mol. The van der Waals surface area contributed by atoms with E-state index < -0.39 is 0 Å². The number of piperidine rings is 1. The van der Waals surface area contributed by atoms with Gasteiger partial charge in [-0.05, 0) is 44.9 Å². The van der Waals surface area contributed by atoms with Crippen LogP contribution >= 0.6 is 0 Å². The molecule has 1 aliphatic heterocycles. The molecule has 0 amide bonds. The maximum absolute atomic E-state index is 5.40. The largest absolute Gasteiger partial charge is 0.382 e. The molecule has 0 radical (unpaired) electrons. The van der Waals surface area contributed by atoms with E-state index in [0.717, 1.165) is 25.6 Å². The van der Waals surface area contributed by atoms with Gasteiger partial charge in [0.25, 0.3) is 0 Å². The Balaban J connectivity index is 1.87. The average molecular weight is 244 g/mol. The number of hydrogen-bond donors (Lipinski definition) is 1. The van der Waals surface area contributed by atoms with Gasteiger partial charge in [0.15, 0.2) is 0 Å². The van der Waals surface area contributed by atoms with Gasteiger partial charge in [-0.25, -0.2) is 0 Å². The summed E-state index contributed by atoms with van der Waals surface area (Å²) in [5, 5.41) is 3.48. The normalized spacial score (nSPS) is 18.7. The van der Waals surface area contributed by atoms with Crippen LogP contribution < -0.4 is 5.32 Å². The predicted octanol–water partition coefficient (Wildman–Crippen LogP) is 0.971. The fraction of sp³-hybridized carbons (Fsp3) is 1.00. The van der Waals surface area contributed by atoms with Gasteiger partial charge >= 0.3 is 0 Å². The van der Waals surface area contributed by atoms with Gasteiger partial charge in [-0.15, -0.1) is 0 Å². The molecule has 0 atom stereocenters. The van der Waals surface area contributed by atoms with Crippen LogP contribution in [0.2, 0.25) is 0 Å². The van der Waals surface area contributed by atoms with Gasteiger partial charge in [0.2, 0.25) is 0 Å². The van der Waals surface area contributed by atoms with Crippen LogP contribution in [0.4, 0.5) is 0 Å². The minimum atomic E-state index is 0.690. The number of nitrogens with zero attached hydrogens (tertiary/aromatic N) is 1. The van der Waals surface area contributed by atoms with E-state index in [2.05, 4.69) is 17.1 Å².